The number of rotatable bonds is 11. The average molecular weight is 557 g/mol. The Morgan fingerprint density at radius 1 is 1.03 bits per heavy atom. The molecule has 3 aromatic rings. The van der Waals surface area contributed by atoms with Crippen LogP contribution in [0.15, 0.2) is 59.5 Å². The Bertz CT molecular complexity index is 1370. The SMILES string of the molecule is CC.CCC(=O)c1ccc(Cl)cc1-c1cc(=O)n(C(CCOC)C(=O)Nc2ccc(C(=O)O)cc2)cc1OC. The summed E-state index contributed by atoms with van der Waals surface area (Å²) in [7, 11) is 2.91. The molecule has 0 aliphatic heterocycles. The number of methoxy groups -OCH3 is 2. The maximum absolute atomic E-state index is 13.3. The number of carboxylic acids is 1. The van der Waals surface area contributed by atoms with Crippen LogP contribution in [-0.2, 0) is 9.53 Å². The topological polar surface area (TPSA) is 124 Å². The minimum Gasteiger partial charge on any atom is -0.495 e. The van der Waals surface area contributed by atoms with Gasteiger partial charge in [-0.25, -0.2) is 4.79 Å². The molecule has 1 unspecified atom stereocenters. The van der Waals surface area contributed by atoms with Gasteiger partial charge in [-0.15, -0.1) is 0 Å². The third kappa shape index (κ3) is 7.78. The fourth-order valence-electron chi connectivity index (χ4n) is 3.87. The van der Waals surface area contributed by atoms with Gasteiger partial charge >= 0.3 is 5.97 Å². The van der Waals surface area contributed by atoms with Gasteiger partial charge in [0, 0.05) is 54.5 Å². The zero-order valence-electron chi connectivity index (χ0n) is 22.6. The van der Waals surface area contributed by atoms with Gasteiger partial charge in [0.2, 0.25) is 5.91 Å². The van der Waals surface area contributed by atoms with Crippen molar-refractivity contribution in [3.63, 3.8) is 0 Å². The lowest BCUT2D eigenvalue weighted by Crippen LogP contribution is -2.34. The van der Waals surface area contributed by atoms with Crippen molar-refractivity contribution in [2.45, 2.75) is 39.7 Å². The number of aromatic carboxylic acids is 1. The van der Waals surface area contributed by atoms with Crippen LogP contribution in [-0.4, -0.2) is 48.2 Å². The van der Waals surface area contributed by atoms with Crippen LogP contribution < -0.4 is 15.6 Å². The maximum Gasteiger partial charge on any atom is 0.335 e. The van der Waals surface area contributed by atoms with Crippen LogP contribution >= 0.6 is 11.6 Å². The molecular formula is C29H33ClN2O7. The monoisotopic (exact) mass is 556 g/mol. The number of halogens is 1. The molecule has 0 bridgehead atoms. The van der Waals surface area contributed by atoms with E-state index in [4.69, 9.17) is 26.2 Å². The molecule has 0 aliphatic rings. The van der Waals surface area contributed by atoms with Gasteiger partial charge in [-0.1, -0.05) is 32.4 Å². The van der Waals surface area contributed by atoms with E-state index in [1.807, 2.05) is 13.8 Å². The van der Waals surface area contributed by atoms with Crippen LogP contribution in [0.4, 0.5) is 5.69 Å². The summed E-state index contributed by atoms with van der Waals surface area (Å²) in [6.07, 6.45) is 1.86. The highest BCUT2D eigenvalue weighted by Crippen LogP contribution is 2.34. The number of benzene rings is 2. The molecular weight excluding hydrogens is 524 g/mol. The summed E-state index contributed by atoms with van der Waals surface area (Å²) in [5.74, 6) is -1.43. The fourth-order valence-corrected chi connectivity index (χ4v) is 4.04. The smallest absolute Gasteiger partial charge is 0.335 e. The molecule has 0 aliphatic carbocycles. The first-order valence-electron chi connectivity index (χ1n) is 12.5. The van der Waals surface area contributed by atoms with E-state index in [-0.39, 0.29) is 36.5 Å². The molecule has 1 heterocycles. The van der Waals surface area contributed by atoms with Crippen LogP contribution in [0.2, 0.25) is 5.02 Å². The lowest BCUT2D eigenvalue weighted by molar-refractivity contribution is -0.119. The Morgan fingerprint density at radius 2 is 1.69 bits per heavy atom. The third-order valence-electron chi connectivity index (χ3n) is 5.79. The van der Waals surface area contributed by atoms with Gasteiger partial charge in [0.05, 0.1) is 18.9 Å². The number of anilines is 1. The molecule has 2 aromatic carbocycles. The zero-order chi connectivity index (χ0) is 29.1. The summed E-state index contributed by atoms with van der Waals surface area (Å²) >= 11 is 6.20. The molecule has 3 rings (SSSR count). The van der Waals surface area contributed by atoms with Crippen LogP contribution in [0.5, 0.6) is 5.75 Å². The number of amides is 1. The largest absolute Gasteiger partial charge is 0.495 e. The Hall–Kier alpha value is -3.95. The van der Waals surface area contributed by atoms with Gasteiger partial charge in [0.1, 0.15) is 11.8 Å². The first-order valence-corrected chi connectivity index (χ1v) is 12.8. The van der Waals surface area contributed by atoms with Gasteiger partial charge in [-0.3, -0.25) is 19.0 Å². The van der Waals surface area contributed by atoms with E-state index in [1.165, 1.54) is 55.3 Å². The molecule has 1 atom stereocenters. The summed E-state index contributed by atoms with van der Waals surface area (Å²) in [6.45, 7) is 5.93. The lowest BCUT2D eigenvalue weighted by atomic mass is 9.96. The van der Waals surface area contributed by atoms with E-state index in [0.717, 1.165) is 0 Å². The highest BCUT2D eigenvalue weighted by molar-refractivity contribution is 6.31. The second-order valence-electron chi connectivity index (χ2n) is 8.14. The minimum atomic E-state index is -1.09. The molecule has 10 heteroatoms. The number of ketones is 1. The van der Waals surface area contributed by atoms with Crippen molar-refractivity contribution in [3.8, 4) is 16.9 Å². The van der Waals surface area contributed by atoms with Crippen molar-refractivity contribution < 1.29 is 29.0 Å². The maximum atomic E-state index is 13.3. The first kappa shape index (κ1) is 31.3. The third-order valence-corrected chi connectivity index (χ3v) is 6.03. The van der Waals surface area contributed by atoms with Crippen molar-refractivity contribution in [2.24, 2.45) is 0 Å². The number of Topliss-reactive ketones (excluding diaryl/α,β-unsaturated/α-hetero) is 1. The van der Waals surface area contributed by atoms with Crippen molar-refractivity contribution in [2.75, 3.05) is 26.1 Å². The highest BCUT2D eigenvalue weighted by atomic mass is 35.5. The Labute approximate surface area is 232 Å². The van der Waals surface area contributed by atoms with E-state index in [0.29, 0.717) is 27.4 Å². The number of carboxylic acid groups (broad SMARTS) is 1. The van der Waals surface area contributed by atoms with Gasteiger partial charge in [-0.05, 0) is 48.0 Å². The number of aromatic nitrogens is 1. The number of carbonyl (C=O) groups excluding carboxylic acids is 2. The van der Waals surface area contributed by atoms with Crippen molar-refractivity contribution in [1.29, 1.82) is 0 Å². The summed E-state index contributed by atoms with van der Waals surface area (Å²) in [5, 5.41) is 12.2. The number of hydrogen-bond acceptors (Lipinski definition) is 6. The summed E-state index contributed by atoms with van der Waals surface area (Å²) < 4.78 is 12.0. The van der Waals surface area contributed by atoms with Crippen LogP contribution in [0.1, 0.15) is 60.4 Å². The fraction of sp³-hybridized carbons (Fsp3) is 0.310. The zero-order valence-corrected chi connectivity index (χ0v) is 23.4. The van der Waals surface area contributed by atoms with E-state index in [1.54, 1.807) is 25.1 Å². The van der Waals surface area contributed by atoms with Crippen LogP contribution in [0, 0.1) is 0 Å². The summed E-state index contributed by atoms with van der Waals surface area (Å²) in [4.78, 5) is 50.2. The second kappa shape index (κ2) is 14.8. The van der Waals surface area contributed by atoms with Gasteiger partial charge in [0.25, 0.3) is 5.56 Å². The normalized spacial score (nSPS) is 11.1. The number of pyridine rings is 1. The first-order chi connectivity index (χ1) is 18.7. The second-order valence-corrected chi connectivity index (χ2v) is 8.57. The van der Waals surface area contributed by atoms with Crippen LogP contribution in [0.25, 0.3) is 11.1 Å². The van der Waals surface area contributed by atoms with Crippen LogP contribution in [0.3, 0.4) is 0 Å². The predicted molar refractivity (Wildman–Crippen MR) is 151 cm³/mol. The van der Waals surface area contributed by atoms with Crippen molar-refractivity contribution in [1.82, 2.24) is 4.57 Å². The average Bonchev–Trinajstić information content (AvgIpc) is 2.94. The quantitative estimate of drug-likeness (QED) is 0.290. The summed E-state index contributed by atoms with van der Waals surface area (Å²) in [6, 6.07) is 10.8. The van der Waals surface area contributed by atoms with E-state index in [2.05, 4.69) is 5.32 Å². The number of nitrogens with zero attached hydrogens (tertiary/aromatic N) is 1. The molecule has 1 aromatic heterocycles. The number of hydrogen-bond donors (Lipinski definition) is 2. The van der Waals surface area contributed by atoms with Crippen molar-refractivity contribution >= 4 is 34.9 Å². The Morgan fingerprint density at radius 3 is 2.26 bits per heavy atom. The van der Waals surface area contributed by atoms with Gasteiger partial charge in [0.15, 0.2) is 5.78 Å². The molecule has 208 valence electrons. The molecule has 0 saturated carbocycles. The molecule has 39 heavy (non-hydrogen) atoms. The van der Waals surface area contributed by atoms with E-state index in [9.17, 15) is 19.2 Å². The lowest BCUT2D eigenvalue weighted by Gasteiger charge is -2.21. The number of ether oxygens (including phenoxy) is 2. The molecule has 2 N–H and O–H groups in total. The molecule has 0 radical (unpaired) electrons. The van der Waals surface area contributed by atoms with Gasteiger partial charge in [-0.2, -0.15) is 0 Å². The molecule has 0 saturated heterocycles. The Balaban J connectivity index is 0.00000260. The number of nitrogens with one attached hydrogen (secondary N) is 1. The molecule has 1 amide bonds. The van der Waals surface area contributed by atoms with Crippen molar-refractivity contribution in [3.05, 3.63) is 81.2 Å². The minimum absolute atomic E-state index is 0.0763. The van der Waals surface area contributed by atoms with Gasteiger partial charge < -0.3 is 19.9 Å². The molecule has 0 fully saturated rings. The molecule has 9 nitrogen and oxygen atoms in total. The summed E-state index contributed by atoms with van der Waals surface area (Å²) in [5.41, 5.74) is 1.18. The number of carbonyl (C=O) groups is 3. The predicted octanol–water partition coefficient (Wildman–Crippen LogP) is 5.71. The van der Waals surface area contributed by atoms with E-state index >= 15 is 0 Å². The highest BCUT2D eigenvalue weighted by Gasteiger charge is 2.25. The standard InChI is InChI=1S/C27H27ClN2O7.C2H6/c1-4-23(31)19-10-7-17(28)13-20(19)21-14-25(32)30(15-24(21)37-3)22(11-12-36-2)26(33)29-18-8-5-16(6-9-18)27(34)35;1-2/h5-10,13-15,22H,4,11-12H2,1-3H3,(H,29,33)(H,34,35);1-2H3. The Kier molecular flexibility index (Phi) is 11.9. The van der Waals surface area contributed by atoms with E-state index < -0.39 is 23.5 Å². The molecule has 0 spiro atoms.